The lowest BCUT2D eigenvalue weighted by atomic mass is 10.1. The fourth-order valence-corrected chi connectivity index (χ4v) is 0.368. The zero-order chi connectivity index (χ0) is 6.57. The van der Waals surface area contributed by atoms with Gasteiger partial charge in [0, 0.05) is 11.8 Å². The Labute approximate surface area is 49.4 Å². The molecule has 0 bridgehead atoms. The lowest BCUT2D eigenvalue weighted by Crippen LogP contribution is -1.97. The van der Waals surface area contributed by atoms with Crippen molar-refractivity contribution in [3.05, 3.63) is 11.8 Å². The molecule has 2 heteroatoms. The Bertz CT molecular complexity index is 105. The Morgan fingerprint density at radius 1 is 1.62 bits per heavy atom. The summed E-state index contributed by atoms with van der Waals surface area (Å²) in [7, 11) is 0. The van der Waals surface area contributed by atoms with Crippen LogP contribution in [-0.4, -0.2) is 6.29 Å². The zero-order valence-corrected chi connectivity index (χ0v) is 5.22. The monoisotopic (exact) mass is 113 g/mol. The van der Waals surface area contributed by atoms with Crippen LogP contribution in [0.3, 0.4) is 0 Å². The van der Waals surface area contributed by atoms with E-state index in [1.807, 2.05) is 13.8 Å². The summed E-state index contributed by atoms with van der Waals surface area (Å²) in [6.07, 6.45) is 2.13. The molecule has 0 aromatic heterocycles. The van der Waals surface area contributed by atoms with Gasteiger partial charge in [0.1, 0.15) is 6.29 Å². The first kappa shape index (κ1) is 7.21. The molecule has 0 fully saturated rings. The van der Waals surface area contributed by atoms with E-state index in [0.717, 1.165) is 6.29 Å². The molecule has 2 nitrogen and oxygen atoms in total. The minimum atomic E-state index is 0.248. The SMILES string of the molecule is CC(C)C(C=O)=CN. The Morgan fingerprint density at radius 2 is 2.12 bits per heavy atom. The highest BCUT2D eigenvalue weighted by Gasteiger charge is 1.97. The molecule has 0 heterocycles. The Balaban J connectivity index is 3.91. The van der Waals surface area contributed by atoms with E-state index in [1.54, 1.807) is 0 Å². The van der Waals surface area contributed by atoms with Crippen LogP contribution in [0.25, 0.3) is 0 Å². The summed E-state index contributed by atoms with van der Waals surface area (Å²) in [6, 6.07) is 0. The van der Waals surface area contributed by atoms with Gasteiger partial charge in [-0.1, -0.05) is 13.8 Å². The number of hydrogen-bond donors (Lipinski definition) is 1. The van der Waals surface area contributed by atoms with Gasteiger partial charge in [-0.2, -0.15) is 0 Å². The number of nitrogens with two attached hydrogens (primary N) is 1. The second kappa shape index (κ2) is 3.24. The fourth-order valence-electron chi connectivity index (χ4n) is 0.368. The van der Waals surface area contributed by atoms with Crippen LogP contribution in [0.4, 0.5) is 0 Å². The van der Waals surface area contributed by atoms with Gasteiger partial charge in [-0.15, -0.1) is 0 Å². The molecule has 0 aliphatic rings. The fraction of sp³-hybridized carbons (Fsp3) is 0.500. The average Bonchev–Trinajstić information content (AvgIpc) is 1.69. The number of carbonyl (C=O) groups is 1. The molecule has 0 amide bonds. The molecule has 0 aliphatic carbocycles. The van der Waals surface area contributed by atoms with Gasteiger partial charge in [0.25, 0.3) is 0 Å². The van der Waals surface area contributed by atoms with E-state index in [0.29, 0.717) is 5.57 Å². The zero-order valence-electron chi connectivity index (χ0n) is 5.22. The normalized spacial score (nSPS) is 12.1. The van der Waals surface area contributed by atoms with Crippen LogP contribution < -0.4 is 5.73 Å². The molecule has 0 atom stereocenters. The van der Waals surface area contributed by atoms with Gasteiger partial charge in [-0.3, -0.25) is 4.79 Å². The van der Waals surface area contributed by atoms with E-state index >= 15 is 0 Å². The third-order valence-electron chi connectivity index (χ3n) is 0.995. The van der Waals surface area contributed by atoms with Crippen molar-refractivity contribution in [1.82, 2.24) is 0 Å². The quantitative estimate of drug-likeness (QED) is 0.423. The van der Waals surface area contributed by atoms with E-state index in [2.05, 4.69) is 0 Å². The maximum absolute atomic E-state index is 10.0. The lowest BCUT2D eigenvalue weighted by Gasteiger charge is -1.98. The number of hydrogen-bond acceptors (Lipinski definition) is 2. The number of aldehydes is 1. The second-order valence-corrected chi connectivity index (χ2v) is 1.94. The molecular weight excluding hydrogens is 102 g/mol. The topological polar surface area (TPSA) is 43.1 Å². The minimum Gasteiger partial charge on any atom is -0.404 e. The first-order chi connectivity index (χ1) is 3.72. The Morgan fingerprint density at radius 3 is 2.12 bits per heavy atom. The molecule has 46 valence electrons. The molecule has 0 unspecified atom stereocenters. The summed E-state index contributed by atoms with van der Waals surface area (Å²) in [6.45, 7) is 3.85. The van der Waals surface area contributed by atoms with Crippen molar-refractivity contribution in [2.75, 3.05) is 0 Å². The molecule has 0 aromatic carbocycles. The predicted octanol–water partition coefficient (Wildman–Crippen LogP) is 0.684. The van der Waals surface area contributed by atoms with Gasteiger partial charge >= 0.3 is 0 Å². The van der Waals surface area contributed by atoms with Crippen molar-refractivity contribution in [1.29, 1.82) is 0 Å². The summed E-state index contributed by atoms with van der Waals surface area (Å²) >= 11 is 0. The van der Waals surface area contributed by atoms with Crippen molar-refractivity contribution in [2.45, 2.75) is 13.8 Å². The maximum Gasteiger partial charge on any atom is 0.147 e. The summed E-state index contributed by atoms with van der Waals surface area (Å²) in [5.74, 6) is 0.248. The summed E-state index contributed by atoms with van der Waals surface area (Å²) in [5, 5.41) is 0. The maximum atomic E-state index is 10.0. The molecule has 0 saturated carbocycles. The van der Waals surface area contributed by atoms with Crippen LogP contribution in [0.15, 0.2) is 11.8 Å². The molecule has 0 spiro atoms. The van der Waals surface area contributed by atoms with Crippen LogP contribution >= 0.6 is 0 Å². The average molecular weight is 113 g/mol. The van der Waals surface area contributed by atoms with Crippen LogP contribution in [0.5, 0.6) is 0 Å². The van der Waals surface area contributed by atoms with Gasteiger partial charge in [0.2, 0.25) is 0 Å². The molecule has 0 saturated heterocycles. The molecular formula is C6H11NO. The van der Waals surface area contributed by atoms with Crippen LogP contribution in [0, 0.1) is 5.92 Å². The van der Waals surface area contributed by atoms with Gasteiger partial charge in [0.05, 0.1) is 0 Å². The highest BCUT2D eigenvalue weighted by Crippen LogP contribution is 2.02. The molecule has 8 heavy (non-hydrogen) atoms. The van der Waals surface area contributed by atoms with Crippen LogP contribution in [0.2, 0.25) is 0 Å². The summed E-state index contributed by atoms with van der Waals surface area (Å²) in [4.78, 5) is 10.0. The number of carbonyl (C=O) groups excluding carboxylic acids is 1. The molecule has 0 aromatic rings. The van der Waals surface area contributed by atoms with E-state index in [1.165, 1.54) is 6.20 Å². The van der Waals surface area contributed by atoms with Gasteiger partial charge in [-0.25, -0.2) is 0 Å². The van der Waals surface area contributed by atoms with E-state index in [-0.39, 0.29) is 5.92 Å². The summed E-state index contributed by atoms with van der Waals surface area (Å²) < 4.78 is 0. The van der Waals surface area contributed by atoms with E-state index in [9.17, 15) is 4.79 Å². The lowest BCUT2D eigenvalue weighted by molar-refractivity contribution is -0.105. The first-order valence-corrected chi connectivity index (χ1v) is 2.59. The molecule has 0 radical (unpaired) electrons. The number of allylic oxidation sites excluding steroid dienone is 1. The molecule has 0 rings (SSSR count). The van der Waals surface area contributed by atoms with Gasteiger partial charge in [0.15, 0.2) is 0 Å². The van der Waals surface area contributed by atoms with Crippen molar-refractivity contribution >= 4 is 6.29 Å². The first-order valence-electron chi connectivity index (χ1n) is 2.59. The molecule has 0 aliphatic heterocycles. The smallest absolute Gasteiger partial charge is 0.147 e. The predicted molar refractivity (Wildman–Crippen MR) is 33.2 cm³/mol. The van der Waals surface area contributed by atoms with Crippen molar-refractivity contribution in [3.63, 3.8) is 0 Å². The summed E-state index contributed by atoms with van der Waals surface area (Å²) in [5.41, 5.74) is 5.75. The van der Waals surface area contributed by atoms with E-state index in [4.69, 9.17) is 5.73 Å². The van der Waals surface area contributed by atoms with Crippen LogP contribution in [0.1, 0.15) is 13.8 Å². The van der Waals surface area contributed by atoms with Crippen molar-refractivity contribution < 1.29 is 4.79 Å². The van der Waals surface area contributed by atoms with Crippen molar-refractivity contribution in [3.8, 4) is 0 Å². The highest BCUT2D eigenvalue weighted by atomic mass is 16.1. The Hall–Kier alpha value is -0.790. The van der Waals surface area contributed by atoms with Crippen LogP contribution in [-0.2, 0) is 4.79 Å². The highest BCUT2D eigenvalue weighted by molar-refractivity contribution is 5.73. The third-order valence-corrected chi connectivity index (χ3v) is 0.995. The second-order valence-electron chi connectivity index (χ2n) is 1.94. The molecule has 2 N–H and O–H groups in total. The largest absolute Gasteiger partial charge is 0.404 e. The third kappa shape index (κ3) is 1.78. The minimum absolute atomic E-state index is 0.248. The Kier molecular flexibility index (Phi) is 2.92. The van der Waals surface area contributed by atoms with E-state index < -0.39 is 0 Å². The van der Waals surface area contributed by atoms with Crippen molar-refractivity contribution in [2.24, 2.45) is 11.7 Å². The van der Waals surface area contributed by atoms with Gasteiger partial charge < -0.3 is 5.73 Å². The number of rotatable bonds is 2. The van der Waals surface area contributed by atoms with Gasteiger partial charge in [-0.05, 0) is 5.92 Å². The standard InChI is InChI=1S/C6H11NO/c1-5(2)6(3-7)4-8/h3-5H,7H2,1-2H3.